The van der Waals surface area contributed by atoms with E-state index in [1.54, 1.807) is 4.80 Å². The molecular formula is C22H27N5O2. The molecule has 2 heterocycles. The van der Waals surface area contributed by atoms with Crippen LogP contribution in [-0.2, 0) is 13.1 Å². The topological polar surface area (TPSA) is 65.3 Å². The molecule has 0 amide bonds. The second kappa shape index (κ2) is 9.52. The third-order valence-corrected chi connectivity index (χ3v) is 4.94. The van der Waals surface area contributed by atoms with Crippen molar-refractivity contribution in [3.05, 3.63) is 54.1 Å². The fourth-order valence-electron chi connectivity index (χ4n) is 3.43. The molecule has 4 rings (SSSR count). The van der Waals surface area contributed by atoms with Gasteiger partial charge in [-0.15, -0.1) is 10.2 Å². The molecule has 0 fully saturated rings. The molecule has 0 saturated carbocycles. The lowest BCUT2D eigenvalue weighted by molar-refractivity contribution is 0.171. The molecule has 2 aromatic carbocycles. The standard InChI is InChI=1S/C22H27N5O2/c1-26(17-18-10-11-20-21(16-18)29-15-14-28-20)12-6-3-7-13-27-24-22(23-25-27)19-8-4-2-5-9-19/h2,4-5,8-11,16H,3,6-7,12-15,17H2,1H3. The third-order valence-electron chi connectivity index (χ3n) is 4.94. The first kappa shape index (κ1) is 19.4. The van der Waals surface area contributed by atoms with Crippen LogP contribution in [0.25, 0.3) is 11.4 Å². The lowest BCUT2D eigenvalue weighted by Crippen LogP contribution is -2.20. The number of aromatic nitrogens is 4. The van der Waals surface area contributed by atoms with Gasteiger partial charge in [-0.05, 0) is 49.3 Å². The molecule has 0 unspecified atom stereocenters. The van der Waals surface area contributed by atoms with Crippen molar-refractivity contribution in [2.75, 3.05) is 26.8 Å². The first-order valence-electron chi connectivity index (χ1n) is 10.2. The van der Waals surface area contributed by atoms with E-state index in [1.165, 1.54) is 5.56 Å². The summed E-state index contributed by atoms with van der Waals surface area (Å²) in [5, 5.41) is 12.8. The minimum Gasteiger partial charge on any atom is -0.486 e. The average Bonchev–Trinajstić information content (AvgIpc) is 3.23. The van der Waals surface area contributed by atoms with Crippen molar-refractivity contribution in [2.24, 2.45) is 0 Å². The van der Waals surface area contributed by atoms with Gasteiger partial charge in [-0.2, -0.15) is 4.80 Å². The third kappa shape index (κ3) is 5.32. The van der Waals surface area contributed by atoms with E-state index in [2.05, 4.69) is 39.5 Å². The summed E-state index contributed by atoms with van der Waals surface area (Å²) in [5.41, 5.74) is 2.25. The number of hydrogen-bond acceptors (Lipinski definition) is 6. The summed E-state index contributed by atoms with van der Waals surface area (Å²) in [7, 11) is 2.15. The molecule has 0 N–H and O–H groups in total. The van der Waals surface area contributed by atoms with Crippen molar-refractivity contribution >= 4 is 0 Å². The predicted octanol–water partition coefficient (Wildman–Crippen LogP) is 3.41. The van der Waals surface area contributed by atoms with Crippen molar-refractivity contribution in [2.45, 2.75) is 32.4 Å². The molecule has 0 saturated heterocycles. The highest BCUT2D eigenvalue weighted by atomic mass is 16.6. The Morgan fingerprint density at radius 3 is 2.66 bits per heavy atom. The molecule has 0 radical (unpaired) electrons. The van der Waals surface area contributed by atoms with Crippen LogP contribution in [0.15, 0.2) is 48.5 Å². The van der Waals surface area contributed by atoms with Crippen LogP contribution in [0.1, 0.15) is 24.8 Å². The molecule has 7 heteroatoms. The normalized spacial score (nSPS) is 13.0. The molecule has 0 aliphatic carbocycles. The lowest BCUT2D eigenvalue weighted by atomic mass is 10.1. The molecule has 1 aliphatic heterocycles. The highest BCUT2D eigenvalue weighted by Gasteiger charge is 2.12. The average molecular weight is 393 g/mol. The largest absolute Gasteiger partial charge is 0.486 e. The Labute approximate surface area is 171 Å². The monoisotopic (exact) mass is 393 g/mol. The zero-order valence-electron chi connectivity index (χ0n) is 16.8. The molecule has 0 bridgehead atoms. The summed E-state index contributed by atoms with van der Waals surface area (Å²) in [5.74, 6) is 2.39. The number of unbranched alkanes of at least 4 members (excludes halogenated alkanes) is 2. The summed E-state index contributed by atoms with van der Waals surface area (Å²) < 4.78 is 11.3. The van der Waals surface area contributed by atoms with Crippen LogP contribution in [0.4, 0.5) is 0 Å². The van der Waals surface area contributed by atoms with Gasteiger partial charge in [-0.25, -0.2) is 0 Å². The van der Waals surface area contributed by atoms with Crippen molar-refractivity contribution in [3.63, 3.8) is 0 Å². The van der Waals surface area contributed by atoms with Gasteiger partial charge in [-0.3, -0.25) is 0 Å². The Kier molecular flexibility index (Phi) is 6.36. The van der Waals surface area contributed by atoms with Crippen molar-refractivity contribution in [3.8, 4) is 22.9 Å². The van der Waals surface area contributed by atoms with Gasteiger partial charge in [0, 0.05) is 12.1 Å². The fourth-order valence-corrected chi connectivity index (χ4v) is 3.43. The Hall–Kier alpha value is -2.93. The van der Waals surface area contributed by atoms with Crippen LogP contribution in [0.5, 0.6) is 11.5 Å². The maximum atomic E-state index is 5.67. The second-order valence-corrected chi connectivity index (χ2v) is 7.35. The van der Waals surface area contributed by atoms with E-state index in [-0.39, 0.29) is 0 Å². The maximum absolute atomic E-state index is 5.67. The molecule has 0 atom stereocenters. The molecule has 1 aromatic heterocycles. The van der Waals surface area contributed by atoms with Gasteiger partial charge in [0.15, 0.2) is 11.5 Å². The van der Waals surface area contributed by atoms with Gasteiger partial charge in [0.25, 0.3) is 0 Å². The van der Waals surface area contributed by atoms with E-state index in [1.807, 2.05) is 36.4 Å². The zero-order valence-corrected chi connectivity index (χ0v) is 16.8. The predicted molar refractivity (Wildman–Crippen MR) is 111 cm³/mol. The number of nitrogens with zero attached hydrogens (tertiary/aromatic N) is 5. The number of benzene rings is 2. The lowest BCUT2D eigenvalue weighted by Gasteiger charge is -2.21. The number of rotatable bonds is 9. The maximum Gasteiger partial charge on any atom is 0.204 e. The molecule has 152 valence electrons. The van der Waals surface area contributed by atoms with Gasteiger partial charge < -0.3 is 14.4 Å². The Morgan fingerprint density at radius 1 is 0.966 bits per heavy atom. The number of ether oxygens (including phenoxy) is 2. The first-order chi connectivity index (χ1) is 14.3. The number of tetrazole rings is 1. The van der Waals surface area contributed by atoms with Crippen LogP contribution < -0.4 is 9.47 Å². The Morgan fingerprint density at radius 2 is 1.79 bits per heavy atom. The SMILES string of the molecule is CN(CCCCCn1nnc(-c2ccccc2)n1)Cc1ccc2c(c1)OCCO2. The molecule has 7 nitrogen and oxygen atoms in total. The van der Waals surface area contributed by atoms with E-state index in [4.69, 9.17) is 9.47 Å². The summed E-state index contributed by atoms with van der Waals surface area (Å²) >= 11 is 0. The quantitative estimate of drug-likeness (QED) is 0.519. The van der Waals surface area contributed by atoms with Crippen LogP contribution in [-0.4, -0.2) is 51.9 Å². The first-order valence-corrected chi connectivity index (χ1v) is 10.2. The van der Waals surface area contributed by atoms with Gasteiger partial charge in [0.1, 0.15) is 13.2 Å². The summed E-state index contributed by atoms with van der Waals surface area (Å²) in [4.78, 5) is 4.04. The van der Waals surface area contributed by atoms with E-state index in [0.29, 0.717) is 19.0 Å². The minimum absolute atomic E-state index is 0.625. The number of fused-ring (bicyclic) bond motifs is 1. The highest BCUT2D eigenvalue weighted by molar-refractivity contribution is 5.52. The van der Waals surface area contributed by atoms with E-state index in [0.717, 1.165) is 56.0 Å². The number of aryl methyl sites for hydroxylation is 1. The van der Waals surface area contributed by atoms with Crippen LogP contribution in [0.2, 0.25) is 0 Å². The highest BCUT2D eigenvalue weighted by Crippen LogP contribution is 2.31. The van der Waals surface area contributed by atoms with Crippen molar-refractivity contribution < 1.29 is 9.47 Å². The fraction of sp³-hybridized carbons (Fsp3) is 0.409. The van der Waals surface area contributed by atoms with E-state index in [9.17, 15) is 0 Å². The van der Waals surface area contributed by atoms with Gasteiger partial charge in [0.05, 0.1) is 6.54 Å². The minimum atomic E-state index is 0.625. The van der Waals surface area contributed by atoms with Crippen LogP contribution in [0, 0.1) is 0 Å². The van der Waals surface area contributed by atoms with Crippen LogP contribution >= 0.6 is 0 Å². The van der Waals surface area contributed by atoms with E-state index < -0.39 is 0 Å². The van der Waals surface area contributed by atoms with Crippen molar-refractivity contribution in [1.29, 1.82) is 0 Å². The molecule has 3 aromatic rings. The van der Waals surface area contributed by atoms with Gasteiger partial charge in [0.2, 0.25) is 5.82 Å². The Balaban J connectivity index is 1.16. The zero-order chi connectivity index (χ0) is 19.9. The van der Waals surface area contributed by atoms with E-state index >= 15 is 0 Å². The number of hydrogen-bond donors (Lipinski definition) is 0. The molecule has 0 spiro atoms. The van der Waals surface area contributed by atoms with Gasteiger partial charge in [-0.1, -0.05) is 42.8 Å². The molecular weight excluding hydrogens is 366 g/mol. The van der Waals surface area contributed by atoms with Crippen LogP contribution in [0.3, 0.4) is 0 Å². The second-order valence-electron chi connectivity index (χ2n) is 7.35. The smallest absolute Gasteiger partial charge is 0.204 e. The summed E-state index contributed by atoms with van der Waals surface area (Å²) in [6.45, 7) is 4.01. The summed E-state index contributed by atoms with van der Waals surface area (Å²) in [6.07, 6.45) is 3.32. The molecule has 29 heavy (non-hydrogen) atoms. The summed E-state index contributed by atoms with van der Waals surface area (Å²) in [6, 6.07) is 16.2. The Bertz CT molecular complexity index is 913. The van der Waals surface area contributed by atoms with Gasteiger partial charge >= 0.3 is 0 Å². The molecule has 1 aliphatic rings. The van der Waals surface area contributed by atoms with Crippen molar-refractivity contribution in [1.82, 2.24) is 25.1 Å².